The van der Waals surface area contributed by atoms with E-state index >= 15 is 0 Å². The summed E-state index contributed by atoms with van der Waals surface area (Å²) < 4.78 is 0. The summed E-state index contributed by atoms with van der Waals surface area (Å²) in [5, 5.41) is 9.48. The van der Waals surface area contributed by atoms with Crippen molar-refractivity contribution < 1.29 is 4.79 Å². The molecule has 0 aliphatic rings. The molecule has 0 radical (unpaired) electrons. The number of benzene rings is 1. The van der Waals surface area contributed by atoms with Gasteiger partial charge in [-0.3, -0.25) is 9.79 Å². The third kappa shape index (κ3) is 5.48. The van der Waals surface area contributed by atoms with Crippen LogP contribution in [0, 0.1) is 0 Å². The zero-order chi connectivity index (χ0) is 14.8. The van der Waals surface area contributed by atoms with E-state index in [1.165, 1.54) is 0 Å². The van der Waals surface area contributed by atoms with E-state index < -0.39 is 0 Å². The molecule has 1 aromatic rings. The van der Waals surface area contributed by atoms with E-state index in [9.17, 15) is 4.79 Å². The minimum atomic E-state index is -0.181. The predicted molar refractivity (Wildman–Crippen MR) is 83.4 cm³/mol. The lowest BCUT2D eigenvalue weighted by Crippen LogP contribution is -2.37. The van der Waals surface area contributed by atoms with Crippen LogP contribution >= 0.6 is 11.6 Å². The smallest absolute Gasteiger partial charge is 0.252 e. The Morgan fingerprint density at radius 3 is 2.40 bits per heavy atom. The van der Waals surface area contributed by atoms with Gasteiger partial charge < -0.3 is 16.0 Å². The van der Waals surface area contributed by atoms with Crippen LogP contribution in [0.3, 0.4) is 0 Å². The van der Waals surface area contributed by atoms with Crippen LogP contribution in [0.15, 0.2) is 29.3 Å². The van der Waals surface area contributed by atoms with Gasteiger partial charge in [0.25, 0.3) is 5.91 Å². The minimum absolute atomic E-state index is 0.181. The minimum Gasteiger partial charge on any atom is -0.357 e. The lowest BCUT2D eigenvalue weighted by molar-refractivity contribution is 0.0955. The highest BCUT2D eigenvalue weighted by atomic mass is 35.5. The van der Waals surface area contributed by atoms with Crippen molar-refractivity contribution in [1.82, 2.24) is 16.0 Å². The molecule has 0 saturated carbocycles. The van der Waals surface area contributed by atoms with Crippen LogP contribution < -0.4 is 16.0 Å². The van der Waals surface area contributed by atoms with Crippen molar-refractivity contribution in [3.8, 4) is 0 Å². The number of amides is 1. The Morgan fingerprint density at radius 2 is 1.80 bits per heavy atom. The van der Waals surface area contributed by atoms with E-state index in [4.69, 9.17) is 11.6 Å². The lowest BCUT2D eigenvalue weighted by Gasteiger charge is -2.09. The van der Waals surface area contributed by atoms with Crippen LogP contribution in [0.25, 0.3) is 0 Å². The molecule has 1 aromatic carbocycles. The molecule has 6 heteroatoms. The highest BCUT2D eigenvalue weighted by Gasteiger charge is 2.07. The molecule has 0 aliphatic heterocycles. The number of carbonyl (C=O) groups is 1. The Labute approximate surface area is 124 Å². The first-order valence-corrected chi connectivity index (χ1v) is 7.11. The van der Waals surface area contributed by atoms with E-state index in [1.807, 2.05) is 13.8 Å². The van der Waals surface area contributed by atoms with Crippen LogP contribution in [0.1, 0.15) is 24.2 Å². The number of nitrogens with zero attached hydrogens (tertiary/aromatic N) is 1. The standard InChI is InChI=1S/C14H21ClN4O/c1-3-16-14(17-4-2)19-10-9-18-13(20)11-7-5-6-8-12(11)15/h5-8H,3-4,9-10H2,1-2H3,(H,18,20)(H2,16,17,19). The number of guanidine groups is 1. The Hall–Kier alpha value is -1.75. The SMILES string of the molecule is CCNC(=NCCNC(=O)c1ccccc1Cl)NCC. The highest BCUT2D eigenvalue weighted by Crippen LogP contribution is 2.14. The molecule has 1 amide bonds. The summed E-state index contributed by atoms with van der Waals surface area (Å²) in [6.07, 6.45) is 0. The second-order valence-electron chi connectivity index (χ2n) is 4.03. The second-order valence-corrected chi connectivity index (χ2v) is 4.43. The zero-order valence-electron chi connectivity index (χ0n) is 11.9. The van der Waals surface area contributed by atoms with Gasteiger partial charge in [0.1, 0.15) is 0 Å². The van der Waals surface area contributed by atoms with Crippen molar-refractivity contribution in [2.24, 2.45) is 4.99 Å². The average Bonchev–Trinajstić information content (AvgIpc) is 2.44. The maximum atomic E-state index is 11.9. The van der Waals surface area contributed by atoms with Gasteiger partial charge in [-0.2, -0.15) is 0 Å². The van der Waals surface area contributed by atoms with Crippen LogP contribution in [0.4, 0.5) is 0 Å². The van der Waals surface area contributed by atoms with Gasteiger partial charge in [-0.25, -0.2) is 0 Å². The fraction of sp³-hybridized carbons (Fsp3) is 0.429. The van der Waals surface area contributed by atoms with Gasteiger partial charge in [-0.15, -0.1) is 0 Å². The molecular formula is C14H21ClN4O. The number of carbonyl (C=O) groups excluding carboxylic acids is 1. The van der Waals surface area contributed by atoms with Gasteiger partial charge in [0, 0.05) is 19.6 Å². The summed E-state index contributed by atoms with van der Waals surface area (Å²) in [7, 11) is 0. The monoisotopic (exact) mass is 296 g/mol. The number of hydrogen-bond acceptors (Lipinski definition) is 2. The summed E-state index contributed by atoms with van der Waals surface area (Å²) in [6.45, 7) is 6.59. The van der Waals surface area contributed by atoms with Gasteiger partial charge >= 0.3 is 0 Å². The maximum absolute atomic E-state index is 11.9. The molecule has 0 spiro atoms. The first-order valence-electron chi connectivity index (χ1n) is 6.74. The molecule has 5 nitrogen and oxygen atoms in total. The van der Waals surface area contributed by atoms with Crippen molar-refractivity contribution >= 4 is 23.5 Å². The number of halogens is 1. The number of rotatable bonds is 6. The molecular weight excluding hydrogens is 276 g/mol. The van der Waals surface area contributed by atoms with Crippen molar-refractivity contribution in [2.45, 2.75) is 13.8 Å². The van der Waals surface area contributed by atoms with E-state index in [0.717, 1.165) is 19.0 Å². The topological polar surface area (TPSA) is 65.5 Å². The Bertz CT molecular complexity index is 454. The molecule has 0 heterocycles. The van der Waals surface area contributed by atoms with E-state index in [1.54, 1.807) is 24.3 Å². The summed E-state index contributed by atoms with van der Waals surface area (Å²) >= 11 is 5.96. The van der Waals surface area contributed by atoms with Crippen LogP contribution in [-0.4, -0.2) is 38.0 Å². The van der Waals surface area contributed by atoms with Crippen LogP contribution in [0.5, 0.6) is 0 Å². The number of nitrogens with one attached hydrogen (secondary N) is 3. The molecule has 3 N–H and O–H groups in total. The summed E-state index contributed by atoms with van der Waals surface area (Å²) in [5.74, 6) is 0.571. The highest BCUT2D eigenvalue weighted by molar-refractivity contribution is 6.33. The number of aliphatic imine (C=N–C) groups is 1. The van der Waals surface area contributed by atoms with Gasteiger partial charge in [-0.1, -0.05) is 23.7 Å². The largest absolute Gasteiger partial charge is 0.357 e. The van der Waals surface area contributed by atoms with Crippen LogP contribution in [0.2, 0.25) is 5.02 Å². The van der Waals surface area contributed by atoms with E-state index in [2.05, 4.69) is 20.9 Å². The van der Waals surface area contributed by atoms with Crippen molar-refractivity contribution in [3.05, 3.63) is 34.9 Å². The normalized spacial score (nSPS) is 9.75. The molecule has 0 saturated heterocycles. The Balaban J connectivity index is 2.42. The first-order chi connectivity index (χ1) is 9.69. The molecule has 0 aliphatic carbocycles. The lowest BCUT2D eigenvalue weighted by atomic mass is 10.2. The summed E-state index contributed by atoms with van der Waals surface area (Å²) in [4.78, 5) is 16.2. The first kappa shape index (κ1) is 16.3. The molecule has 1 rings (SSSR count). The maximum Gasteiger partial charge on any atom is 0.252 e. The van der Waals surface area contributed by atoms with Crippen molar-refractivity contribution in [2.75, 3.05) is 26.2 Å². The molecule has 0 fully saturated rings. The zero-order valence-corrected chi connectivity index (χ0v) is 12.6. The van der Waals surface area contributed by atoms with Crippen LogP contribution in [-0.2, 0) is 0 Å². The third-order valence-corrected chi connectivity index (χ3v) is 2.80. The molecule has 110 valence electrons. The fourth-order valence-electron chi connectivity index (χ4n) is 1.59. The fourth-order valence-corrected chi connectivity index (χ4v) is 1.81. The third-order valence-electron chi connectivity index (χ3n) is 2.47. The average molecular weight is 297 g/mol. The Kier molecular flexibility index (Phi) is 7.50. The molecule has 0 unspecified atom stereocenters. The number of hydrogen-bond donors (Lipinski definition) is 3. The summed E-state index contributed by atoms with van der Waals surface area (Å²) in [6, 6.07) is 6.97. The van der Waals surface area contributed by atoms with Crippen molar-refractivity contribution in [3.63, 3.8) is 0 Å². The van der Waals surface area contributed by atoms with Crippen molar-refractivity contribution in [1.29, 1.82) is 0 Å². The quantitative estimate of drug-likeness (QED) is 0.425. The Morgan fingerprint density at radius 1 is 1.15 bits per heavy atom. The van der Waals surface area contributed by atoms with Gasteiger partial charge in [0.2, 0.25) is 0 Å². The summed E-state index contributed by atoms with van der Waals surface area (Å²) in [5.41, 5.74) is 0.483. The molecule has 0 aromatic heterocycles. The van der Waals surface area contributed by atoms with E-state index in [-0.39, 0.29) is 5.91 Å². The predicted octanol–water partition coefficient (Wildman–Crippen LogP) is 1.64. The second kappa shape index (κ2) is 9.20. The molecule has 0 atom stereocenters. The van der Waals surface area contributed by atoms with Gasteiger partial charge in [0.05, 0.1) is 17.1 Å². The van der Waals surface area contributed by atoms with E-state index in [0.29, 0.717) is 23.7 Å². The van der Waals surface area contributed by atoms with Gasteiger partial charge in [0.15, 0.2) is 5.96 Å². The molecule has 20 heavy (non-hydrogen) atoms. The van der Waals surface area contributed by atoms with Gasteiger partial charge in [-0.05, 0) is 26.0 Å². The molecule has 0 bridgehead atoms.